The molecule has 0 fully saturated rings. The van der Waals surface area contributed by atoms with E-state index >= 15 is 0 Å². The molecule has 2 amide bonds. The predicted molar refractivity (Wildman–Crippen MR) is 123 cm³/mol. The maximum Gasteiger partial charge on any atom is 0.258 e. The van der Waals surface area contributed by atoms with Crippen molar-refractivity contribution in [2.75, 3.05) is 12.4 Å². The van der Waals surface area contributed by atoms with E-state index < -0.39 is 0 Å². The number of carbonyl (C=O) groups is 2. The molecule has 0 bridgehead atoms. The van der Waals surface area contributed by atoms with E-state index in [1.165, 1.54) is 11.8 Å². The van der Waals surface area contributed by atoms with Crippen LogP contribution in [0, 0.1) is 0 Å². The second kappa shape index (κ2) is 11.6. The van der Waals surface area contributed by atoms with E-state index in [4.69, 9.17) is 16.3 Å². The van der Waals surface area contributed by atoms with Crippen molar-refractivity contribution in [3.63, 3.8) is 0 Å². The summed E-state index contributed by atoms with van der Waals surface area (Å²) >= 11 is 7.43. The highest BCUT2D eigenvalue weighted by atomic mass is 35.5. The predicted octanol–water partition coefficient (Wildman–Crippen LogP) is 4.02. The van der Waals surface area contributed by atoms with Gasteiger partial charge in [-0.05, 0) is 68.3 Å². The standard InChI is InChI=1S/C22H26ClN3O3S/c1-22(2,3)25-20(27)13-29-19-9-7-16(8-10-19)12-24-26-21(28)15-30-14-17-5-4-6-18(23)11-17/h4-12H,13-15H2,1-3H3,(H,25,27)(H,26,28)/b24-12-. The summed E-state index contributed by atoms with van der Waals surface area (Å²) in [4.78, 5) is 23.6. The summed E-state index contributed by atoms with van der Waals surface area (Å²) < 4.78 is 5.46. The fourth-order valence-corrected chi connectivity index (χ4v) is 3.33. The Morgan fingerprint density at radius 3 is 2.53 bits per heavy atom. The van der Waals surface area contributed by atoms with E-state index in [1.54, 1.807) is 30.5 Å². The van der Waals surface area contributed by atoms with Crippen molar-refractivity contribution in [3.05, 3.63) is 64.7 Å². The van der Waals surface area contributed by atoms with Crippen LogP contribution in [-0.2, 0) is 15.3 Å². The zero-order valence-electron chi connectivity index (χ0n) is 17.3. The van der Waals surface area contributed by atoms with E-state index in [1.807, 2.05) is 45.0 Å². The molecule has 2 rings (SSSR count). The third-order valence-electron chi connectivity index (χ3n) is 3.56. The summed E-state index contributed by atoms with van der Waals surface area (Å²) in [5.41, 5.74) is 4.08. The van der Waals surface area contributed by atoms with Gasteiger partial charge in [-0.25, -0.2) is 5.43 Å². The Hall–Kier alpha value is -2.51. The molecule has 2 aromatic rings. The number of nitrogens with zero attached hydrogens (tertiary/aromatic N) is 1. The van der Waals surface area contributed by atoms with Crippen molar-refractivity contribution in [2.24, 2.45) is 5.10 Å². The first kappa shape index (κ1) is 23.8. The Kier molecular flexibility index (Phi) is 9.20. The van der Waals surface area contributed by atoms with Crippen LogP contribution in [0.25, 0.3) is 0 Å². The molecule has 0 unspecified atom stereocenters. The van der Waals surface area contributed by atoms with E-state index in [0.717, 1.165) is 11.1 Å². The van der Waals surface area contributed by atoms with Gasteiger partial charge in [-0.15, -0.1) is 11.8 Å². The Labute approximate surface area is 186 Å². The fraction of sp³-hybridized carbons (Fsp3) is 0.318. The highest BCUT2D eigenvalue weighted by Crippen LogP contribution is 2.16. The van der Waals surface area contributed by atoms with Crippen LogP contribution < -0.4 is 15.5 Å². The summed E-state index contributed by atoms with van der Waals surface area (Å²) in [5, 5.41) is 7.48. The quantitative estimate of drug-likeness (QED) is 0.449. The third-order valence-corrected chi connectivity index (χ3v) is 4.80. The minimum absolute atomic E-state index is 0.0480. The molecule has 0 saturated carbocycles. The zero-order chi connectivity index (χ0) is 22.0. The highest BCUT2D eigenvalue weighted by Gasteiger charge is 2.13. The number of ether oxygens (including phenoxy) is 1. The van der Waals surface area contributed by atoms with Crippen LogP contribution in [0.1, 0.15) is 31.9 Å². The summed E-state index contributed by atoms with van der Waals surface area (Å²) in [6.07, 6.45) is 1.55. The molecule has 0 spiro atoms. The monoisotopic (exact) mass is 447 g/mol. The molecular weight excluding hydrogens is 422 g/mol. The van der Waals surface area contributed by atoms with Gasteiger partial charge in [0.15, 0.2) is 6.61 Å². The molecule has 2 N–H and O–H groups in total. The van der Waals surface area contributed by atoms with E-state index in [9.17, 15) is 9.59 Å². The lowest BCUT2D eigenvalue weighted by molar-refractivity contribution is -0.124. The van der Waals surface area contributed by atoms with Gasteiger partial charge in [0.05, 0.1) is 12.0 Å². The molecule has 30 heavy (non-hydrogen) atoms. The van der Waals surface area contributed by atoms with Crippen molar-refractivity contribution >= 4 is 41.4 Å². The van der Waals surface area contributed by atoms with Crippen molar-refractivity contribution in [2.45, 2.75) is 32.1 Å². The van der Waals surface area contributed by atoms with Crippen LogP contribution >= 0.6 is 23.4 Å². The van der Waals surface area contributed by atoms with Crippen LogP contribution in [0.2, 0.25) is 5.02 Å². The van der Waals surface area contributed by atoms with Gasteiger partial charge in [-0.2, -0.15) is 5.10 Å². The number of nitrogens with one attached hydrogen (secondary N) is 2. The Balaban J connectivity index is 1.69. The molecule has 6 nitrogen and oxygen atoms in total. The average molecular weight is 448 g/mol. The number of hydrogen-bond donors (Lipinski definition) is 2. The smallest absolute Gasteiger partial charge is 0.258 e. The molecule has 8 heteroatoms. The molecule has 0 aliphatic heterocycles. The van der Waals surface area contributed by atoms with Crippen LogP contribution in [0.4, 0.5) is 0 Å². The van der Waals surface area contributed by atoms with Gasteiger partial charge in [0.2, 0.25) is 5.91 Å². The topological polar surface area (TPSA) is 79.8 Å². The van der Waals surface area contributed by atoms with E-state index in [-0.39, 0.29) is 24.0 Å². The van der Waals surface area contributed by atoms with Gasteiger partial charge in [-0.3, -0.25) is 9.59 Å². The average Bonchev–Trinajstić information content (AvgIpc) is 2.66. The molecule has 0 heterocycles. The molecule has 0 radical (unpaired) electrons. The molecular formula is C22H26ClN3O3S. The van der Waals surface area contributed by atoms with Gasteiger partial charge < -0.3 is 10.1 Å². The Bertz CT molecular complexity index is 880. The van der Waals surface area contributed by atoms with Gasteiger partial charge >= 0.3 is 0 Å². The number of rotatable bonds is 9. The molecule has 0 saturated heterocycles. The largest absolute Gasteiger partial charge is 0.484 e. The fourth-order valence-electron chi connectivity index (χ4n) is 2.35. The van der Waals surface area contributed by atoms with E-state index in [0.29, 0.717) is 22.3 Å². The lowest BCUT2D eigenvalue weighted by Crippen LogP contribution is -2.43. The van der Waals surface area contributed by atoms with Gasteiger partial charge in [0, 0.05) is 16.3 Å². The number of benzene rings is 2. The minimum Gasteiger partial charge on any atom is -0.484 e. The maximum absolute atomic E-state index is 11.9. The van der Waals surface area contributed by atoms with Crippen LogP contribution in [-0.4, -0.2) is 35.9 Å². The summed E-state index contributed by atoms with van der Waals surface area (Å²) in [5.74, 6) is 1.23. The number of hydrogen-bond acceptors (Lipinski definition) is 5. The van der Waals surface area contributed by atoms with Crippen molar-refractivity contribution in [3.8, 4) is 5.75 Å². The van der Waals surface area contributed by atoms with Crippen LogP contribution in [0.15, 0.2) is 53.6 Å². The first-order chi connectivity index (χ1) is 14.2. The number of carbonyl (C=O) groups excluding carboxylic acids is 2. The number of amides is 2. The number of thioether (sulfide) groups is 1. The van der Waals surface area contributed by atoms with Gasteiger partial charge in [0.25, 0.3) is 5.91 Å². The normalized spacial score (nSPS) is 11.3. The Morgan fingerprint density at radius 2 is 1.87 bits per heavy atom. The lowest BCUT2D eigenvalue weighted by Gasteiger charge is -2.20. The third kappa shape index (κ3) is 9.80. The summed E-state index contributed by atoms with van der Waals surface area (Å²) in [7, 11) is 0. The molecule has 160 valence electrons. The second-order valence-electron chi connectivity index (χ2n) is 7.57. The second-order valence-corrected chi connectivity index (χ2v) is 8.99. The first-order valence-electron chi connectivity index (χ1n) is 9.39. The molecule has 2 aromatic carbocycles. The molecule has 0 aromatic heterocycles. The highest BCUT2D eigenvalue weighted by molar-refractivity contribution is 7.99. The van der Waals surface area contributed by atoms with Crippen LogP contribution in [0.5, 0.6) is 5.75 Å². The number of hydrazone groups is 1. The van der Waals surface area contributed by atoms with Crippen LogP contribution in [0.3, 0.4) is 0 Å². The minimum atomic E-state index is -0.293. The SMILES string of the molecule is CC(C)(C)NC(=O)COc1ccc(/C=N\NC(=O)CSCc2cccc(Cl)c2)cc1. The number of halogens is 1. The maximum atomic E-state index is 11.9. The van der Waals surface area contributed by atoms with Gasteiger partial charge in [-0.1, -0.05) is 23.7 Å². The Morgan fingerprint density at radius 1 is 1.13 bits per heavy atom. The first-order valence-corrected chi connectivity index (χ1v) is 10.9. The molecule has 0 aliphatic carbocycles. The van der Waals surface area contributed by atoms with E-state index in [2.05, 4.69) is 15.8 Å². The zero-order valence-corrected chi connectivity index (χ0v) is 18.8. The van der Waals surface area contributed by atoms with Crippen molar-refractivity contribution in [1.29, 1.82) is 0 Å². The van der Waals surface area contributed by atoms with Crippen molar-refractivity contribution < 1.29 is 14.3 Å². The van der Waals surface area contributed by atoms with Gasteiger partial charge in [0.1, 0.15) is 5.75 Å². The van der Waals surface area contributed by atoms with Crippen molar-refractivity contribution in [1.82, 2.24) is 10.7 Å². The summed E-state index contributed by atoms with van der Waals surface area (Å²) in [6.45, 7) is 5.69. The molecule has 0 aliphatic rings. The molecule has 0 atom stereocenters. The summed E-state index contributed by atoms with van der Waals surface area (Å²) in [6, 6.07) is 14.6. The lowest BCUT2D eigenvalue weighted by atomic mass is 10.1.